The zero-order valence-electron chi connectivity index (χ0n) is 9.14. The van der Waals surface area contributed by atoms with E-state index in [9.17, 15) is 4.79 Å². The number of amides is 1. The molecule has 0 aromatic carbocycles. The molecule has 2 aliphatic rings. The van der Waals surface area contributed by atoms with Crippen molar-refractivity contribution < 1.29 is 4.79 Å². The van der Waals surface area contributed by atoms with Gasteiger partial charge in [-0.15, -0.1) is 10.2 Å². The Labute approximate surface area is 103 Å². The van der Waals surface area contributed by atoms with E-state index in [-0.39, 0.29) is 11.8 Å². The second-order valence-corrected chi connectivity index (χ2v) is 4.64. The summed E-state index contributed by atoms with van der Waals surface area (Å²) in [6.45, 7) is 0. The van der Waals surface area contributed by atoms with E-state index in [1.54, 1.807) is 12.1 Å². The van der Waals surface area contributed by atoms with Crippen LogP contribution < -0.4 is 5.01 Å². The summed E-state index contributed by atoms with van der Waals surface area (Å²) in [4.78, 5) is 12.1. The SMILES string of the molecule is O=C1C2CCCCC2=NN1c1ccc(Cl)nn1. The van der Waals surface area contributed by atoms with E-state index in [4.69, 9.17) is 11.6 Å². The largest absolute Gasteiger partial charge is 0.272 e. The zero-order valence-corrected chi connectivity index (χ0v) is 9.89. The van der Waals surface area contributed by atoms with Crippen molar-refractivity contribution in [3.63, 3.8) is 0 Å². The van der Waals surface area contributed by atoms with Gasteiger partial charge in [0.2, 0.25) is 0 Å². The number of anilines is 1. The van der Waals surface area contributed by atoms with Gasteiger partial charge in [-0.25, -0.2) is 0 Å². The number of fused-ring (bicyclic) bond motifs is 1. The van der Waals surface area contributed by atoms with Gasteiger partial charge in [-0.2, -0.15) is 10.1 Å². The van der Waals surface area contributed by atoms with Gasteiger partial charge in [0.05, 0.1) is 11.6 Å². The highest BCUT2D eigenvalue weighted by Gasteiger charge is 2.38. The topological polar surface area (TPSA) is 58.5 Å². The number of carbonyl (C=O) groups is 1. The first kappa shape index (κ1) is 10.7. The van der Waals surface area contributed by atoms with Crippen LogP contribution >= 0.6 is 11.6 Å². The highest BCUT2D eigenvalue weighted by atomic mass is 35.5. The lowest BCUT2D eigenvalue weighted by Crippen LogP contribution is -2.29. The molecule has 0 spiro atoms. The Kier molecular flexibility index (Phi) is 2.55. The third-order valence-corrected chi connectivity index (χ3v) is 3.35. The quantitative estimate of drug-likeness (QED) is 0.766. The molecule has 1 aliphatic carbocycles. The number of aromatic nitrogens is 2. The lowest BCUT2D eigenvalue weighted by Gasteiger charge is -2.16. The fourth-order valence-electron chi connectivity index (χ4n) is 2.29. The predicted molar refractivity (Wildman–Crippen MR) is 63.9 cm³/mol. The van der Waals surface area contributed by atoms with Crippen LogP contribution in [0.3, 0.4) is 0 Å². The van der Waals surface area contributed by atoms with Gasteiger partial charge in [-0.3, -0.25) is 4.79 Å². The summed E-state index contributed by atoms with van der Waals surface area (Å²) < 4.78 is 0. The summed E-state index contributed by atoms with van der Waals surface area (Å²) >= 11 is 5.66. The maximum absolute atomic E-state index is 12.1. The van der Waals surface area contributed by atoms with Crippen LogP contribution in [0.1, 0.15) is 25.7 Å². The monoisotopic (exact) mass is 250 g/mol. The summed E-state index contributed by atoms with van der Waals surface area (Å²) in [5.74, 6) is 0.416. The van der Waals surface area contributed by atoms with E-state index < -0.39 is 0 Å². The minimum Gasteiger partial charge on any atom is -0.272 e. The van der Waals surface area contributed by atoms with Crippen LogP contribution in [0, 0.1) is 5.92 Å². The standard InChI is InChI=1S/C11H11ClN4O/c12-9-5-6-10(14-13-9)16-11(17)7-3-1-2-4-8(7)15-16/h5-7H,1-4H2. The highest BCUT2D eigenvalue weighted by molar-refractivity contribution is 6.29. The molecule has 88 valence electrons. The minimum atomic E-state index is -0.0405. The molecule has 1 aromatic heterocycles. The molecular weight excluding hydrogens is 240 g/mol. The van der Waals surface area contributed by atoms with Crippen molar-refractivity contribution in [2.24, 2.45) is 11.0 Å². The molecule has 17 heavy (non-hydrogen) atoms. The summed E-state index contributed by atoms with van der Waals surface area (Å²) in [6.07, 6.45) is 4.02. The molecule has 0 saturated heterocycles. The van der Waals surface area contributed by atoms with Gasteiger partial charge < -0.3 is 0 Å². The molecule has 0 N–H and O–H groups in total. The number of hydrogen-bond donors (Lipinski definition) is 0. The lowest BCUT2D eigenvalue weighted by molar-refractivity contribution is -0.120. The van der Waals surface area contributed by atoms with Crippen molar-refractivity contribution in [1.82, 2.24) is 10.2 Å². The highest BCUT2D eigenvalue weighted by Crippen LogP contribution is 2.31. The summed E-state index contributed by atoms with van der Waals surface area (Å²) in [6, 6.07) is 3.27. The molecule has 6 heteroatoms. The van der Waals surface area contributed by atoms with Crippen LogP contribution in [0.5, 0.6) is 0 Å². The van der Waals surface area contributed by atoms with Crippen molar-refractivity contribution in [1.29, 1.82) is 0 Å². The minimum absolute atomic E-state index is 0.0105. The molecule has 3 rings (SSSR count). The van der Waals surface area contributed by atoms with Crippen molar-refractivity contribution in [3.8, 4) is 0 Å². The lowest BCUT2D eigenvalue weighted by atomic mass is 9.87. The van der Waals surface area contributed by atoms with Crippen molar-refractivity contribution >= 4 is 29.0 Å². The normalized spacial score (nSPS) is 23.6. The Bertz CT molecular complexity index is 485. The average Bonchev–Trinajstić information content (AvgIpc) is 2.69. The number of carbonyl (C=O) groups excluding carboxylic acids is 1. The molecular formula is C11H11ClN4O. The Hall–Kier alpha value is -1.49. The van der Waals surface area contributed by atoms with Gasteiger partial charge in [-0.05, 0) is 31.4 Å². The molecule has 1 fully saturated rings. The second-order valence-electron chi connectivity index (χ2n) is 4.25. The molecule has 2 heterocycles. The second kappa shape index (κ2) is 4.07. The van der Waals surface area contributed by atoms with Gasteiger partial charge in [0.1, 0.15) is 0 Å². The maximum Gasteiger partial charge on any atom is 0.257 e. The van der Waals surface area contributed by atoms with Crippen LogP contribution in [0.25, 0.3) is 0 Å². The Morgan fingerprint density at radius 2 is 2.18 bits per heavy atom. The van der Waals surface area contributed by atoms with E-state index in [1.165, 1.54) is 5.01 Å². The van der Waals surface area contributed by atoms with Gasteiger partial charge in [0, 0.05) is 0 Å². The molecule has 0 radical (unpaired) electrons. The van der Waals surface area contributed by atoms with Gasteiger partial charge in [0.15, 0.2) is 11.0 Å². The van der Waals surface area contributed by atoms with Crippen LogP contribution in [0.2, 0.25) is 5.15 Å². The molecule has 5 nitrogen and oxygen atoms in total. The van der Waals surface area contributed by atoms with Crippen molar-refractivity contribution in [2.75, 3.05) is 5.01 Å². The molecule has 1 atom stereocenters. The molecule has 1 saturated carbocycles. The molecule has 1 aromatic rings. The third kappa shape index (κ3) is 1.80. The van der Waals surface area contributed by atoms with Crippen LogP contribution in [-0.2, 0) is 4.79 Å². The number of hydrogen-bond acceptors (Lipinski definition) is 4. The van der Waals surface area contributed by atoms with Gasteiger partial charge in [-0.1, -0.05) is 18.0 Å². The Morgan fingerprint density at radius 1 is 1.29 bits per heavy atom. The fraction of sp³-hybridized carbons (Fsp3) is 0.455. The van der Waals surface area contributed by atoms with Gasteiger partial charge >= 0.3 is 0 Å². The first-order valence-corrected chi connectivity index (χ1v) is 6.04. The summed E-state index contributed by atoms with van der Waals surface area (Å²) in [5.41, 5.74) is 0.984. The van der Waals surface area contributed by atoms with Crippen molar-refractivity contribution in [3.05, 3.63) is 17.3 Å². The van der Waals surface area contributed by atoms with E-state index in [0.717, 1.165) is 31.4 Å². The Morgan fingerprint density at radius 3 is 2.88 bits per heavy atom. The number of rotatable bonds is 1. The van der Waals surface area contributed by atoms with E-state index in [2.05, 4.69) is 15.3 Å². The van der Waals surface area contributed by atoms with E-state index in [1.807, 2.05) is 0 Å². The fourth-order valence-corrected chi connectivity index (χ4v) is 2.39. The number of hydrazone groups is 1. The maximum atomic E-state index is 12.1. The van der Waals surface area contributed by atoms with Crippen LogP contribution in [-0.4, -0.2) is 21.8 Å². The smallest absolute Gasteiger partial charge is 0.257 e. The molecule has 1 unspecified atom stereocenters. The van der Waals surface area contributed by atoms with Crippen LogP contribution in [0.4, 0.5) is 5.82 Å². The first-order chi connectivity index (χ1) is 8.25. The van der Waals surface area contributed by atoms with E-state index in [0.29, 0.717) is 11.0 Å². The molecule has 1 amide bonds. The number of halogens is 1. The summed E-state index contributed by atoms with van der Waals surface area (Å²) in [7, 11) is 0. The average molecular weight is 251 g/mol. The summed E-state index contributed by atoms with van der Waals surface area (Å²) in [5, 5.41) is 13.6. The molecule has 1 aliphatic heterocycles. The first-order valence-electron chi connectivity index (χ1n) is 5.66. The number of nitrogens with zero attached hydrogens (tertiary/aromatic N) is 4. The van der Waals surface area contributed by atoms with Crippen molar-refractivity contribution in [2.45, 2.75) is 25.7 Å². The molecule has 0 bridgehead atoms. The predicted octanol–water partition coefficient (Wildman–Crippen LogP) is 2.02. The van der Waals surface area contributed by atoms with Gasteiger partial charge in [0.25, 0.3) is 5.91 Å². The third-order valence-electron chi connectivity index (χ3n) is 3.15. The zero-order chi connectivity index (χ0) is 11.8. The van der Waals surface area contributed by atoms with E-state index >= 15 is 0 Å². The van der Waals surface area contributed by atoms with Crippen LogP contribution in [0.15, 0.2) is 17.2 Å². The Balaban J connectivity index is 1.92.